The molecule has 4 aliphatic carbocycles. The molecule has 10 atom stereocenters. The van der Waals surface area contributed by atoms with E-state index in [-0.39, 0.29) is 24.8 Å². The van der Waals surface area contributed by atoms with Crippen molar-refractivity contribution in [3.8, 4) is 0 Å². The van der Waals surface area contributed by atoms with Crippen molar-refractivity contribution in [3.05, 3.63) is 89.0 Å². The van der Waals surface area contributed by atoms with Crippen LogP contribution in [0.2, 0.25) is 0 Å². The average Bonchev–Trinajstić information content (AvgIpc) is 3.53. The topological polar surface area (TPSA) is 105 Å². The molecule has 3 saturated carbocycles. The number of anilines is 1. The Labute approximate surface area is 261 Å². The lowest BCUT2D eigenvalue weighted by atomic mass is 9.44. The number of benzene rings is 2. The molecule has 7 nitrogen and oxygen atoms in total. The summed E-state index contributed by atoms with van der Waals surface area (Å²) in [7, 11) is 1.88. The van der Waals surface area contributed by atoms with Crippen molar-refractivity contribution >= 4 is 17.3 Å². The summed E-state index contributed by atoms with van der Waals surface area (Å²) in [6.45, 7) is 2.51. The van der Waals surface area contributed by atoms with Gasteiger partial charge in [-0.05, 0) is 79.5 Å². The van der Waals surface area contributed by atoms with Gasteiger partial charge in [0, 0.05) is 35.0 Å². The first-order valence-electron chi connectivity index (χ1n) is 15.7. The van der Waals surface area contributed by atoms with Crippen molar-refractivity contribution in [1.82, 2.24) is 0 Å². The SMILES string of the molecule is CNc1cccc(Cc2ccc([C@H]3O[C@@H]4C[C@H]5[C@@H]6C[C@H](F)C7=CC(=O)C=C[C@]7(C)[C@@]6(F)[C@@H](O)C[C@]5(C)[C@]4(C(=O)CO)O3)cc2)c1. The number of Topliss-reactive ketones (excluding diaryl/α,β-unsaturated/α-hetero) is 1. The molecule has 2 aromatic rings. The molecule has 7 rings (SSSR count). The first-order chi connectivity index (χ1) is 21.4. The van der Waals surface area contributed by atoms with Crippen molar-refractivity contribution in [3.63, 3.8) is 0 Å². The summed E-state index contributed by atoms with van der Waals surface area (Å²) in [4.78, 5) is 25.9. The number of halogens is 2. The first-order valence-corrected chi connectivity index (χ1v) is 15.7. The molecule has 1 aliphatic heterocycles. The average molecular weight is 620 g/mol. The van der Waals surface area contributed by atoms with Gasteiger partial charge in [-0.2, -0.15) is 0 Å². The van der Waals surface area contributed by atoms with E-state index in [2.05, 4.69) is 17.4 Å². The minimum atomic E-state index is -2.28. The van der Waals surface area contributed by atoms with E-state index in [4.69, 9.17) is 9.47 Å². The zero-order chi connectivity index (χ0) is 31.9. The molecule has 4 fully saturated rings. The summed E-state index contributed by atoms with van der Waals surface area (Å²) >= 11 is 0. The highest BCUT2D eigenvalue weighted by molar-refractivity contribution is 6.01. The lowest BCUT2D eigenvalue weighted by Gasteiger charge is -2.63. The number of carbonyl (C=O) groups excluding carboxylic acids is 2. The van der Waals surface area contributed by atoms with E-state index in [1.807, 2.05) is 43.4 Å². The van der Waals surface area contributed by atoms with Crippen LogP contribution in [-0.4, -0.2) is 65.1 Å². The third-order valence-corrected chi connectivity index (χ3v) is 11.8. The van der Waals surface area contributed by atoms with Crippen molar-refractivity contribution in [1.29, 1.82) is 0 Å². The van der Waals surface area contributed by atoms with Crippen LogP contribution in [0.5, 0.6) is 0 Å². The molecule has 3 N–H and O–H groups in total. The van der Waals surface area contributed by atoms with E-state index >= 15 is 8.78 Å². The molecular weight excluding hydrogens is 580 g/mol. The van der Waals surface area contributed by atoms with Crippen molar-refractivity contribution < 1.29 is 38.1 Å². The van der Waals surface area contributed by atoms with E-state index in [9.17, 15) is 19.8 Å². The summed E-state index contributed by atoms with van der Waals surface area (Å²) in [6, 6.07) is 15.9. The van der Waals surface area contributed by atoms with Crippen LogP contribution in [0.25, 0.3) is 0 Å². The molecule has 0 bridgehead atoms. The number of nitrogens with one attached hydrogen (secondary N) is 1. The van der Waals surface area contributed by atoms with Crippen LogP contribution in [0.15, 0.2) is 72.3 Å². The van der Waals surface area contributed by atoms with Gasteiger partial charge in [-0.15, -0.1) is 0 Å². The zero-order valence-corrected chi connectivity index (χ0v) is 25.6. The number of rotatable bonds is 6. The molecule has 1 heterocycles. The third-order valence-electron chi connectivity index (χ3n) is 11.8. The minimum Gasteiger partial charge on any atom is -0.390 e. The molecule has 2 aromatic carbocycles. The van der Waals surface area contributed by atoms with E-state index < -0.39 is 76.8 Å². The van der Waals surface area contributed by atoms with Crippen LogP contribution in [0.3, 0.4) is 0 Å². The van der Waals surface area contributed by atoms with Gasteiger partial charge in [0.2, 0.25) is 0 Å². The van der Waals surface area contributed by atoms with Gasteiger partial charge in [0.05, 0.1) is 12.2 Å². The maximum Gasteiger partial charge on any atom is 0.193 e. The van der Waals surface area contributed by atoms with Crippen LogP contribution in [0, 0.1) is 22.7 Å². The molecule has 0 aromatic heterocycles. The van der Waals surface area contributed by atoms with Gasteiger partial charge in [-0.3, -0.25) is 9.59 Å². The monoisotopic (exact) mass is 619 g/mol. The first kappa shape index (κ1) is 30.4. The number of hydrogen-bond donors (Lipinski definition) is 3. The molecule has 1 saturated heterocycles. The Hall–Kier alpha value is -3.24. The molecular formula is C36H39F2NO6. The molecule has 0 spiro atoms. The Morgan fingerprint density at radius 1 is 1.09 bits per heavy atom. The second-order valence-corrected chi connectivity index (χ2v) is 13.9. The fourth-order valence-electron chi connectivity index (χ4n) is 9.58. The van der Waals surface area contributed by atoms with Crippen LogP contribution < -0.4 is 5.32 Å². The van der Waals surface area contributed by atoms with Gasteiger partial charge < -0.3 is 25.0 Å². The number of aliphatic hydroxyl groups excluding tert-OH is 2. The molecule has 0 unspecified atom stereocenters. The largest absolute Gasteiger partial charge is 0.390 e. The van der Waals surface area contributed by atoms with Crippen LogP contribution in [0.4, 0.5) is 14.5 Å². The van der Waals surface area contributed by atoms with E-state index in [1.165, 1.54) is 12.2 Å². The van der Waals surface area contributed by atoms with Gasteiger partial charge in [0.15, 0.2) is 29.1 Å². The smallest absolute Gasteiger partial charge is 0.193 e. The normalized spacial score (nSPS) is 41.5. The van der Waals surface area contributed by atoms with E-state index in [0.717, 1.165) is 29.3 Å². The lowest BCUT2D eigenvalue weighted by Crippen LogP contribution is -2.70. The van der Waals surface area contributed by atoms with Gasteiger partial charge >= 0.3 is 0 Å². The number of allylic oxidation sites excluding steroid dienone is 4. The molecule has 238 valence electrons. The van der Waals surface area contributed by atoms with E-state index in [0.29, 0.717) is 5.56 Å². The fourth-order valence-corrected chi connectivity index (χ4v) is 9.58. The number of alkyl halides is 2. The molecule has 0 amide bonds. The molecule has 5 aliphatic rings. The Balaban J connectivity index is 1.20. The predicted octanol–water partition coefficient (Wildman–Crippen LogP) is 4.96. The Morgan fingerprint density at radius 2 is 1.84 bits per heavy atom. The van der Waals surface area contributed by atoms with Crippen molar-refractivity contribution in [2.45, 2.75) is 75.5 Å². The van der Waals surface area contributed by atoms with E-state index in [1.54, 1.807) is 13.8 Å². The Bertz CT molecular complexity index is 1610. The van der Waals surface area contributed by atoms with Crippen molar-refractivity contribution in [2.75, 3.05) is 19.0 Å². The number of fused-ring (bicyclic) bond motifs is 7. The van der Waals surface area contributed by atoms with Crippen molar-refractivity contribution in [2.24, 2.45) is 22.7 Å². The second kappa shape index (κ2) is 10.4. The quantitative estimate of drug-likeness (QED) is 0.420. The minimum absolute atomic E-state index is 0.0430. The van der Waals surface area contributed by atoms with Crippen LogP contribution in [0.1, 0.15) is 56.1 Å². The third kappa shape index (κ3) is 4.06. The number of carbonyl (C=O) groups is 2. The highest BCUT2D eigenvalue weighted by Crippen LogP contribution is 2.72. The fraction of sp³-hybridized carbons (Fsp3) is 0.500. The number of ketones is 2. The molecule has 45 heavy (non-hydrogen) atoms. The van der Waals surface area contributed by atoms with Gasteiger partial charge in [0.1, 0.15) is 12.8 Å². The summed E-state index contributed by atoms with van der Waals surface area (Å²) in [5.41, 5.74) is -2.65. The highest BCUT2D eigenvalue weighted by Gasteiger charge is 2.80. The van der Waals surface area contributed by atoms with Gasteiger partial charge in [-0.1, -0.05) is 49.4 Å². The standard InChI is InChI=1S/C36H39F2NO6/c1-33-12-11-24(41)15-27(33)28(37)16-26-25-17-31-36(30(43)19-40,34(25,2)18-29(42)35(26,33)38)45-32(44-31)22-9-7-20(8-10-22)13-21-5-4-6-23(14-21)39-3/h4-12,14-15,25-26,28-29,31-32,39-40,42H,13,16-19H2,1-3H3/t25-,26-,28-,29-,31+,32-,33-,34-,35-,36+/m0/s1. The maximum absolute atomic E-state index is 17.6. The Morgan fingerprint density at radius 3 is 2.56 bits per heavy atom. The summed E-state index contributed by atoms with van der Waals surface area (Å²) in [5, 5.41) is 25.0. The number of hydrogen-bond acceptors (Lipinski definition) is 7. The molecule has 9 heteroatoms. The second-order valence-electron chi connectivity index (χ2n) is 13.9. The highest BCUT2D eigenvalue weighted by atomic mass is 19.1. The van der Waals surface area contributed by atoms with Crippen LogP contribution >= 0.6 is 0 Å². The van der Waals surface area contributed by atoms with Crippen LogP contribution in [-0.2, 0) is 25.5 Å². The zero-order valence-electron chi connectivity index (χ0n) is 25.6. The predicted molar refractivity (Wildman–Crippen MR) is 163 cm³/mol. The summed E-state index contributed by atoms with van der Waals surface area (Å²) in [6.07, 6.45) is -0.622. The summed E-state index contributed by atoms with van der Waals surface area (Å²) < 4.78 is 46.4. The van der Waals surface area contributed by atoms with Gasteiger partial charge in [0.25, 0.3) is 0 Å². The maximum atomic E-state index is 17.6. The Kier molecular flexibility index (Phi) is 7.02. The lowest BCUT2D eigenvalue weighted by molar-refractivity contribution is -0.235. The number of aliphatic hydroxyl groups is 2. The molecule has 0 radical (unpaired) electrons. The number of ether oxygens (including phenoxy) is 2. The summed E-state index contributed by atoms with van der Waals surface area (Å²) in [5.74, 6) is -2.58. The van der Waals surface area contributed by atoms with Gasteiger partial charge in [-0.25, -0.2) is 8.78 Å².